The maximum atomic E-state index is 3.42. The highest BCUT2D eigenvalue weighted by atomic mass is 15.1. The lowest BCUT2D eigenvalue weighted by Crippen LogP contribution is -2.45. The summed E-state index contributed by atoms with van der Waals surface area (Å²) in [5.41, 5.74) is 2.33. The molecule has 19 heavy (non-hydrogen) atoms. The molecule has 0 aliphatic rings. The van der Waals surface area contributed by atoms with E-state index in [1.165, 1.54) is 0 Å². The third-order valence-corrected chi connectivity index (χ3v) is 2.70. The Balaban J connectivity index is 2.24. The van der Waals surface area contributed by atoms with E-state index >= 15 is 0 Å². The lowest BCUT2D eigenvalue weighted by Gasteiger charge is -2.29. The molecule has 0 bridgehead atoms. The molecule has 0 saturated heterocycles. The van der Waals surface area contributed by atoms with Gasteiger partial charge in [0.25, 0.3) is 0 Å². The van der Waals surface area contributed by atoms with Gasteiger partial charge in [0.05, 0.1) is 0 Å². The van der Waals surface area contributed by atoms with Gasteiger partial charge in [-0.15, -0.1) is 0 Å². The molecule has 1 N–H and O–H groups in total. The number of hydrogen-bond donors (Lipinski definition) is 1. The van der Waals surface area contributed by atoms with Crippen molar-refractivity contribution in [2.24, 2.45) is 0 Å². The maximum Gasteiger partial charge on any atom is 0.354 e. The first kappa shape index (κ1) is 13.7. The normalized spacial score (nSPS) is 11.1. The Morgan fingerprint density at radius 3 is 1.58 bits per heavy atom. The summed E-state index contributed by atoms with van der Waals surface area (Å²) in [6.45, 7) is 6.45. The number of anilines is 2. The molecule has 2 rings (SSSR count). The molecule has 1 radical (unpaired) electrons. The highest BCUT2D eigenvalue weighted by Gasteiger charge is 2.16. The molecule has 0 aliphatic heterocycles. The predicted octanol–water partition coefficient (Wildman–Crippen LogP) is 3.75. The highest BCUT2D eigenvalue weighted by Crippen LogP contribution is 2.23. The molecule has 0 heterocycles. The van der Waals surface area contributed by atoms with Gasteiger partial charge in [0, 0.05) is 16.9 Å². The number of nitrogens with zero attached hydrogens (tertiary/aromatic N) is 1. The van der Waals surface area contributed by atoms with Crippen molar-refractivity contribution in [3.63, 3.8) is 0 Å². The third kappa shape index (κ3) is 4.14. The van der Waals surface area contributed by atoms with Crippen LogP contribution in [-0.4, -0.2) is 13.1 Å². The zero-order valence-corrected chi connectivity index (χ0v) is 11.8. The second kappa shape index (κ2) is 5.94. The molecule has 2 nitrogen and oxygen atoms in total. The smallest absolute Gasteiger partial charge is 0.354 e. The van der Waals surface area contributed by atoms with E-state index in [0.29, 0.717) is 0 Å². The maximum absolute atomic E-state index is 3.42. The summed E-state index contributed by atoms with van der Waals surface area (Å²) in [5, 5.41) is 3.42. The van der Waals surface area contributed by atoms with Gasteiger partial charge in [-0.2, -0.15) is 0 Å². The first-order valence-electron chi connectivity index (χ1n) is 6.57. The zero-order chi connectivity index (χ0) is 13.7. The second-order valence-corrected chi connectivity index (χ2v) is 5.56. The van der Waals surface area contributed by atoms with Crippen molar-refractivity contribution in [2.45, 2.75) is 26.3 Å². The van der Waals surface area contributed by atoms with Gasteiger partial charge in [0.15, 0.2) is 0 Å². The summed E-state index contributed by atoms with van der Waals surface area (Å²) < 4.78 is 0. The van der Waals surface area contributed by atoms with Crippen molar-refractivity contribution < 1.29 is 0 Å². The Morgan fingerprint density at radius 1 is 0.789 bits per heavy atom. The molecular weight excluding hydrogens is 231 g/mol. The molecule has 0 unspecified atom stereocenters. The summed E-state index contributed by atoms with van der Waals surface area (Å²) in [5.74, 6) is 0. The number of para-hydroxylation sites is 2. The van der Waals surface area contributed by atoms with E-state index < -0.39 is 0 Å². The molecule has 97 valence electrons. The number of benzene rings is 2. The van der Waals surface area contributed by atoms with E-state index in [4.69, 9.17) is 0 Å². The van der Waals surface area contributed by atoms with Crippen LogP contribution in [0.5, 0.6) is 0 Å². The van der Waals surface area contributed by atoms with Gasteiger partial charge in [0.1, 0.15) is 0 Å². The van der Waals surface area contributed by atoms with Crippen LogP contribution in [0.3, 0.4) is 0 Å². The van der Waals surface area contributed by atoms with Crippen LogP contribution < -0.4 is 10.0 Å². The van der Waals surface area contributed by atoms with Crippen LogP contribution in [0.4, 0.5) is 11.4 Å². The van der Waals surface area contributed by atoms with E-state index in [2.05, 4.69) is 79.3 Å². The fourth-order valence-corrected chi connectivity index (χ4v) is 1.73. The Bertz CT molecular complexity index is 452. The Kier molecular flexibility index (Phi) is 4.28. The van der Waals surface area contributed by atoms with E-state index in [1.807, 2.05) is 19.7 Å². The van der Waals surface area contributed by atoms with Gasteiger partial charge < -0.3 is 10.0 Å². The van der Waals surface area contributed by atoms with E-state index in [0.717, 1.165) is 11.4 Å². The molecule has 0 aliphatic carbocycles. The Hall–Kier alpha value is -1.74. The van der Waals surface area contributed by atoms with Crippen LogP contribution in [0.15, 0.2) is 60.7 Å². The van der Waals surface area contributed by atoms with Gasteiger partial charge in [-0.3, -0.25) is 0 Å². The molecule has 0 saturated carbocycles. The molecule has 0 fully saturated rings. The summed E-state index contributed by atoms with van der Waals surface area (Å²) in [7, 11) is 2.03. The van der Waals surface area contributed by atoms with Gasteiger partial charge in [-0.05, 0) is 45.0 Å². The first-order chi connectivity index (χ1) is 9.06. The molecule has 2 aromatic carbocycles. The standard InChI is InChI=1S/C16H20BN2/c1-16(2,3)18-17-19(14-10-6-4-7-11-14)15-12-8-5-9-13-15/h4-13,18H,1-3H3. The molecule has 0 aromatic heterocycles. The van der Waals surface area contributed by atoms with E-state index in [9.17, 15) is 0 Å². The Morgan fingerprint density at radius 2 is 1.21 bits per heavy atom. The van der Waals surface area contributed by atoms with E-state index in [1.54, 1.807) is 0 Å². The average Bonchev–Trinajstić information content (AvgIpc) is 2.40. The molecule has 0 spiro atoms. The van der Waals surface area contributed by atoms with Gasteiger partial charge in [-0.1, -0.05) is 36.4 Å². The first-order valence-corrected chi connectivity index (χ1v) is 6.57. The average molecular weight is 251 g/mol. The summed E-state index contributed by atoms with van der Waals surface area (Å²) in [6.07, 6.45) is 0. The predicted molar refractivity (Wildman–Crippen MR) is 83.7 cm³/mol. The number of nitrogens with one attached hydrogen (secondary N) is 1. The minimum absolute atomic E-state index is 0.0435. The van der Waals surface area contributed by atoms with Crippen molar-refractivity contribution in [1.82, 2.24) is 5.23 Å². The summed E-state index contributed by atoms with van der Waals surface area (Å²) >= 11 is 0. The quantitative estimate of drug-likeness (QED) is 0.832. The molecule has 3 heteroatoms. The van der Waals surface area contributed by atoms with Crippen molar-refractivity contribution in [3.05, 3.63) is 60.7 Å². The third-order valence-electron chi connectivity index (χ3n) is 2.70. The lowest BCUT2D eigenvalue weighted by atomic mass is 9.96. The van der Waals surface area contributed by atoms with Crippen molar-refractivity contribution >= 4 is 18.9 Å². The Labute approximate surface area is 116 Å². The largest absolute Gasteiger partial charge is 0.374 e. The van der Waals surface area contributed by atoms with Crippen molar-refractivity contribution in [1.29, 1.82) is 0 Å². The molecule has 0 atom stereocenters. The summed E-state index contributed by atoms with van der Waals surface area (Å²) in [4.78, 5) is 2.16. The molecular formula is C16H20BN2. The van der Waals surface area contributed by atoms with Crippen LogP contribution in [0.25, 0.3) is 0 Å². The van der Waals surface area contributed by atoms with Crippen molar-refractivity contribution in [3.8, 4) is 0 Å². The van der Waals surface area contributed by atoms with Gasteiger partial charge in [0.2, 0.25) is 0 Å². The highest BCUT2D eigenvalue weighted by molar-refractivity contribution is 6.41. The van der Waals surface area contributed by atoms with E-state index in [-0.39, 0.29) is 5.54 Å². The fourth-order valence-electron chi connectivity index (χ4n) is 1.73. The van der Waals surface area contributed by atoms with Crippen LogP contribution in [0.1, 0.15) is 20.8 Å². The summed E-state index contributed by atoms with van der Waals surface area (Å²) in [6, 6.07) is 20.7. The molecule has 0 amide bonds. The van der Waals surface area contributed by atoms with Crippen LogP contribution >= 0.6 is 0 Å². The van der Waals surface area contributed by atoms with Gasteiger partial charge >= 0.3 is 7.55 Å². The monoisotopic (exact) mass is 251 g/mol. The topological polar surface area (TPSA) is 15.3 Å². The van der Waals surface area contributed by atoms with Gasteiger partial charge in [-0.25, -0.2) is 0 Å². The SMILES string of the molecule is CC(C)(C)N[B]N(c1ccccc1)c1ccccc1. The minimum atomic E-state index is 0.0435. The van der Waals surface area contributed by atoms with Crippen LogP contribution in [0, 0.1) is 0 Å². The van der Waals surface area contributed by atoms with Crippen LogP contribution in [0.2, 0.25) is 0 Å². The number of hydrogen-bond acceptors (Lipinski definition) is 2. The fraction of sp³-hybridized carbons (Fsp3) is 0.250. The minimum Gasteiger partial charge on any atom is -0.374 e. The van der Waals surface area contributed by atoms with Crippen LogP contribution in [-0.2, 0) is 0 Å². The molecule has 2 aromatic rings. The van der Waals surface area contributed by atoms with Crippen molar-refractivity contribution in [2.75, 3.05) is 4.81 Å². The zero-order valence-electron chi connectivity index (χ0n) is 11.8. The lowest BCUT2D eigenvalue weighted by molar-refractivity contribution is 0.523. The number of rotatable bonds is 4. The second-order valence-electron chi connectivity index (χ2n) is 5.56.